The van der Waals surface area contributed by atoms with Gasteiger partial charge in [-0.15, -0.1) is 0 Å². The van der Waals surface area contributed by atoms with E-state index in [2.05, 4.69) is 10.3 Å². The van der Waals surface area contributed by atoms with E-state index in [1.807, 2.05) is 0 Å². The molecule has 5 aromatic rings. The highest BCUT2D eigenvalue weighted by molar-refractivity contribution is 5.96. The summed E-state index contributed by atoms with van der Waals surface area (Å²) in [5.41, 5.74) is 14.5. The summed E-state index contributed by atoms with van der Waals surface area (Å²) < 4.78 is 33.9. The molecule has 2 aromatic carbocycles. The van der Waals surface area contributed by atoms with Crippen LogP contribution in [0.5, 0.6) is 0 Å². The van der Waals surface area contributed by atoms with Crippen molar-refractivity contribution in [2.45, 2.75) is 64.5 Å². The van der Waals surface area contributed by atoms with Gasteiger partial charge in [-0.2, -0.15) is 0 Å². The predicted octanol–water partition coefficient (Wildman–Crippen LogP) is 4.85. The van der Waals surface area contributed by atoms with Crippen LogP contribution in [0.3, 0.4) is 0 Å². The summed E-state index contributed by atoms with van der Waals surface area (Å²) in [5, 5.41) is 3.80. The van der Waals surface area contributed by atoms with Crippen LogP contribution >= 0.6 is 0 Å². The molecule has 0 spiro atoms. The Hall–Kier alpha value is -7.04. The lowest BCUT2D eigenvalue weighted by Crippen LogP contribution is -2.49. The molecule has 16 nitrogen and oxygen atoms in total. The van der Waals surface area contributed by atoms with Gasteiger partial charge in [-0.1, -0.05) is 25.1 Å². The predicted molar refractivity (Wildman–Crippen MR) is 217 cm³/mol. The first-order valence-electron chi connectivity index (χ1n) is 19.5. The molecule has 17 heteroatoms. The molecule has 0 unspecified atom stereocenters. The van der Waals surface area contributed by atoms with E-state index in [1.54, 1.807) is 62.4 Å². The summed E-state index contributed by atoms with van der Waals surface area (Å²) in [7, 11) is 2.98. The van der Waals surface area contributed by atoms with Crippen LogP contribution in [0.15, 0.2) is 59.4 Å². The van der Waals surface area contributed by atoms with Crippen molar-refractivity contribution < 1.29 is 37.8 Å². The number of nitrogen functional groups attached to an aromatic ring is 2. The minimum Gasteiger partial charge on any atom is -0.457 e. The maximum absolute atomic E-state index is 15.5. The van der Waals surface area contributed by atoms with Crippen molar-refractivity contribution in [1.29, 1.82) is 0 Å². The summed E-state index contributed by atoms with van der Waals surface area (Å²) in [5.74, 6) is -1.55. The number of benzene rings is 2. The number of ether oxygens (including phenoxy) is 3. The first-order chi connectivity index (χ1) is 28.7. The fraction of sp³-hybridized carbons (Fsp3) is 0.326. The van der Waals surface area contributed by atoms with Gasteiger partial charge in [-0.3, -0.25) is 9.59 Å². The van der Waals surface area contributed by atoms with E-state index in [4.69, 9.17) is 30.7 Å². The topological polar surface area (TPSA) is 214 Å². The molecule has 1 aliphatic carbocycles. The number of nitrogens with one attached hydrogen (secondary N) is 1. The summed E-state index contributed by atoms with van der Waals surface area (Å²) >= 11 is 0. The molecule has 0 saturated carbocycles. The fourth-order valence-corrected chi connectivity index (χ4v) is 8.25. The number of carbonyl (C=O) groups is 4. The Morgan fingerprint density at radius 3 is 2.45 bits per heavy atom. The summed E-state index contributed by atoms with van der Waals surface area (Å²) in [6, 6.07) is 14.1. The Balaban J connectivity index is 1.10. The summed E-state index contributed by atoms with van der Waals surface area (Å²) in [4.78, 5) is 79.7. The number of aryl methyl sites for hydroxylation is 1. The molecule has 5 N–H and O–H groups in total. The number of fused-ring (bicyclic) bond motifs is 5. The van der Waals surface area contributed by atoms with Crippen LogP contribution in [-0.2, 0) is 50.8 Å². The van der Waals surface area contributed by atoms with Crippen LogP contribution in [0.4, 0.5) is 25.5 Å². The third-order valence-electron chi connectivity index (χ3n) is 11.7. The number of anilines is 2. The van der Waals surface area contributed by atoms with E-state index in [-0.39, 0.29) is 61.9 Å². The molecule has 0 fully saturated rings. The lowest BCUT2D eigenvalue weighted by atomic mass is 9.81. The highest BCUT2D eigenvalue weighted by Crippen LogP contribution is 2.46. The lowest BCUT2D eigenvalue weighted by molar-refractivity contribution is -0.173. The number of amides is 3. The van der Waals surface area contributed by atoms with E-state index in [0.717, 1.165) is 11.1 Å². The van der Waals surface area contributed by atoms with Gasteiger partial charge in [0, 0.05) is 55.5 Å². The molecule has 2 aliphatic heterocycles. The van der Waals surface area contributed by atoms with Crippen molar-refractivity contribution in [2.75, 3.05) is 38.7 Å². The van der Waals surface area contributed by atoms with E-state index in [0.29, 0.717) is 57.5 Å². The van der Waals surface area contributed by atoms with E-state index < -0.39 is 47.1 Å². The first kappa shape index (κ1) is 39.8. The molecule has 0 radical (unpaired) electrons. The van der Waals surface area contributed by atoms with Crippen LogP contribution in [0.25, 0.3) is 22.3 Å². The number of hydrogen-bond donors (Lipinski definition) is 3. The highest BCUT2D eigenvalue weighted by Gasteiger charge is 2.51. The van der Waals surface area contributed by atoms with Gasteiger partial charge >= 0.3 is 18.2 Å². The van der Waals surface area contributed by atoms with Crippen molar-refractivity contribution >= 4 is 46.5 Å². The SMILES string of the molecule is CC[C@]1(OC(=O)N(C)CCN(C)C(=O)OCc2ccc(N)cc2)C(=O)OCc2c1cc1n(c2=O)Cc2c-1nc1cc(F)c(C)c3c1c2[C@H](NC(=O)c1cccc(N)n1)CC3. The molecular formula is C43H43FN8O8. The van der Waals surface area contributed by atoms with Gasteiger partial charge in [0.05, 0.1) is 35.1 Å². The Bertz CT molecular complexity index is 2690. The lowest BCUT2D eigenvalue weighted by Gasteiger charge is -2.36. The van der Waals surface area contributed by atoms with Crippen molar-refractivity contribution in [1.82, 2.24) is 29.7 Å². The number of hydrogen-bond acceptors (Lipinski definition) is 12. The normalized spacial score (nSPS) is 17.2. The monoisotopic (exact) mass is 818 g/mol. The molecule has 60 heavy (non-hydrogen) atoms. The molecule has 0 bridgehead atoms. The Labute approximate surface area is 343 Å². The molecule has 5 heterocycles. The maximum Gasteiger partial charge on any atom is 0.411 e. The average Bonchev–Trinajstić information content (AvgIpc) is 3.61. The molecule has 2 atom stereocenters. The molecule has 8 rings (SSSR count). The van der Waals surface area contributed by atoms with Crippen LogP contribution in [0.1, 0.15) is 75.2 Å². The van der Waals surface area contributed by atoms with Gasteiger partial charge in [0.2, 0.25) is 5.60 Å². The third-order valence-corrected chi connectivity index (χ3v) is 11.7. The van der Waals surface area contributed by atoms with Gasteiger partial charge in [0.15, 0.2) is 0 Å². The second kappa shape index (κ2) is 15.3. The summed E-state index contributed by atoms with van der Waals surface area (Å²) in [6.45, 7) is 3.17. The number of nitrogens with zero attached hydrogens (tertiary/aromatic N) is 5. The maximum atomic E-state index is 15.5. The number of aromatic nitrogens is 3. The zero-order chi connectivity index (χ0) is 42.6. The number of nitrogens with two attached hydrogens (primary N) is 2. The number of pyridine rings is 3. The van der Waals surface area contributed by atoms with Gasteiger partial charge in [-0.25, -0.2) is 28.7 Å². The smallest absolute Gasteiger partial charge is 0.411 e. The van der Waals surface area contributed by atoms with Crippen LogP contribution in [0, 0.1) is 12.7 Å². The van der Waals surface area contributed by atoms with Crippen molar-refractivity contribution in [3.05, 3.63) is 115 Å². The van der Waals surface area contributed by atoms with Crippen molar-refractivity contribution in [3.8, 4) is 11.4 Å². The minimum absolute atomic E-state index is 0.0114. The van der Waals surface area contributed by atoms with Crippen LogP contribution < -0.4 is 22.3 Å². The van der Waals surface area contributed by atoms with Gasteiger partial charge in [0.1, 0.15) is 30.5 Å². The molecule has 3 amide bonds. The third kappa shape index (κ3) is 6.78. The zero-order valence-corrected chi connectivity index (χ0v) is 33.5. The second-order valence-corrected chi connectivity index (χ2v) is 15.3. The number of rotatable bonds is 9. The van der Waals surface area contributed by atoms with E-state index >= 15 is 4.39 Å². The average molecular weight is 819 g/mol. The van der Waals surface area contributed by atoms with Gasteiger partial charge in [-0.05, 0) is 78.8 Å². The number of halogens is 1. The number of cyclic esters (lactones) is 1. The molecule has 3 aliphatic rings. The molecule has 310 valence electrons. The van der Waals surface area contributed by atoms with Crippen molar-refractivity contribution in [3.63, 3.8) is 0 Å². The first-order valence-corrected chi connectivity index (χ1v) is 19.5. The van der Waals surface area contributed by atoms with Crippen LogP contribution in [0.2, 0.25) is 0 Å². The quantitative estimate of drug-likeness (QED) is 0.102. The van der Waals surface area contributed by atoms with Gasteiger partial charge in [0.25, 0.3) is 11.5 Å². The second-order valence-electron chi connectivity index (χ2n) is 15.3. The summed E-state index contributed by atoms with van der Waals surface area (Å²) in [6.07, 6.45) is -0.694. The Kier molecular flexibility index (Phi) is 10.1. The molecular weight excluding hydrogens is 776 g/mol. The zero-order valence-electron chi connectivity index (χ0n) is 33.5. The molecule has 0 saturated heterocycles. The molecule has 3 aromatic heterocycles. The van der Waals surface area contributed by atoms with Crippen LogP contribution in [-0.4, -0.2) is 75.6 Å². The van der Waals surface area contributed by atoms with Crippen molar-refractivity contribution in [2.24, 2.45) is 0 Å². The number of carbonyl (C=O) groups excluding carboxylic acids is 4. The van der Waals surface area contributed by atoms with Gasteiger partial charge < -0.3 is 45.4 Å². The number of esters is 1. The largest absolute Gasteiger partial charge is 0.457 e. The van der Waals surface area contributed by atoms with E-state index in [1.165, 1.54) is 34.5 Å². The number of likely N-dealkylation sites (N-methyl/N-ethyl adjacent to an activating group) is 2. The Morgan fingerprint density at radius 2 is 1.73 bits per heavy atom. The standard InChI is InChI=1S/C43H43FN8O8/c1-5-43(60-42(57)51(4)16-15-50(3)41(56)59-20-23-9-11-24(45)12-10-23)28-17-33-37-26(19-52(33)39(54)27(28)21-58-40(43)55)36-30(49-38(53)31-7-6-8-34(46)47-31)14-13-25-22(2)29(44)18-32(48-37)35(25)36/h6-12,17-18,30H,5,13-16,19-21,45H2,1-4H3,(H2,46,47)(H,49,53)/t30-,43-/m1/s1. The highest BCUT2D eigenvalue weighted by atomic mass is 19.1. The fourth-order valence-electron chi connectivity index (χ4n) is 8.25. The Morgan fingerprint density at radius 1 is 1.00 bits per heavy atom. The minimum atomic E-state index is -2.01. The van der Waals surface area contributed by atoms with E-state index in [9.17, 15) is 24.0 Å².